The van der Waals surface area contributed by atoms with Gasteiger partial charge in [0.25, 0.3) is 0 Å². The van der Waals surface area contributed by atoms with Crippen LogP contribution in [0.25, 0.3) is 0 Å². The molecular weight excluding hydrogens is 324 g/mol. The van der Waals surface area contributed by atoms with E-state index >= 15 is 0 Å². The third-order valence-electron chi connectivity index (χ3n) is 4.69. The number of hydrogen-bond donors (Lipinski definition) is 0. The third-order valence-corrected chi connectivity index (χ3v) is 10.1. The first-order valence-electron chi connectivity index (χ1n) is 9.76. The first-order valence-corrected chi connectivity index (χ1v) is 16.2. The summed E-state index contributed by atoms with van der Waals surface area (Å²) < 4.78 is 6.64. The Morgan fingerprint density at radius 1 is 0.958 bits per heavy atom. The van der Waals surface area contributed by atoms with Crippen LogP contribution in [-0.2, 0) is 4.43 Å². The zero-order valence-electron chi connectivity index (χ0n) is 17.9. The van der Waals surface area contributed by atoms with Gasteiger partial charge in [-0.15, -0.1) is 5.54 Å². The summed E-state index contributed by atoms with van der Waals surface area (Å²) in [5.74, 6) is 3.26. The molecule has 0 aliphatic carbocycles. The van der Waals surface area contributed by atoms with Gasteiger partial charge in [0.2, 0.25) is 0 Å². The van der Waals surface area contributed by atoms with Gasteiger partial charge in [-0.1, -0.05) is 85.4 Å². The SMILES string of the molecule is CCCCCCC[C@@H](/C=C/C#C[Si](C)(C)C)O[Si](C)(C)C(C)(C)C. The summed E-state index contributed by atoms with van der Waals surface area (Å²) in [5, 5.41) is 0.255. The summed E-state index contributed by atoms with van der Waals surface area (Å²) in [4.78, 5) is 0. The molecule has 0 rings (SSSR count). The van der Waals surface area contributed by atoms with E-state index in [9.17, 15) is 0 Å². The fourth-order valence-electron chi connectivity index (χ4n) is 2.11. The zero-order chi connectivity index (χ0) is 18.9. The lowest BCUT2D eigenvalue weighted by molar-refractivity contribution is 0.211. The Balaban J connectivity index is 4.82. The zero-order valence-corrected chi connectivity index (χ0v) is 19.9. The summed E-state index contributed by atoms with van der Waals surface area (Å²) in [6.07, 6.45) is 12.2. The molecule has 0 heterocycles. The lowest BCUT2D eigenvalue weighted by atomic mass is 10.1. The smallest absolute Gasteiger partial charge is 0.192 e. The second kappa shape index (κ2) is 10.6. The van der Waals surface area contributed by atoms with Gasteiger partial charge >= 0.3 is 0 Å². The molecule has 24 heavy (non-hydrogen) atoms. The van der Waals surface area contributed by atoms with Crippen LogP contribution in [-0.4, -0.2) is 22.5 Å². The Morgan fingerprint density at radius 2 is 1.54 bits per heavy atom. The average Bonchev–Trinajstić information content (AvgIpc) is 2.40. The van der Waals surface area contributed by atoms with E-state index in [-0.39, 0.29) is 11.1 Å². The minimum absolute atomic E-state index is 0.225. The Bertz CT molecular complexity index is 427. The molecule has 140 valence electrons. The molecule has 0 N–H and O–H groups in total. The van der Waals surface area contributed by atoms with E-state index in [2.05, 4.69) is 78.0 Å². The van der Waals surface area contributed by atoms with E-state index in [1.54, 1.807) is 0 Å². The van der Waals surface area contributed by atoms with Gasteiger partial charge in [0, 0.05) is 0 Å². The summed E-state index contributed by atoms with van der Waals surface area (Å²) in [5.41, 5.74) is 3.41. The van der Waals surface area contributed by atoms with E-state index < -0.39 is 16.4 Å². The molecule has 0 saturated carbocycles. The molecule has 0 bridgehead atoms. The minimum atomic E-state index is -1.73. The van der Waals surface area contributed by atoms with Crippen LogP contribution < -0.4 is 0 Å². The molecule has 0 spiro atoms. The normalized spacial score (nSPS) is 14.5. The van der Waals surface area contributed by atoms with Crippen LogP contribution in [0.4, 0.5) is 0 Å². The quantitative estimate of drug-likeness (QED) is 0.239. The predicted octanol–water partition coefficient (Wildman–Crippen LogP) is 7.17. The second-order valence-electron chi connectivity index (χ2n) is 9.50. The third kappa shape index (κ3) is 11.3. The van der Waals surface area contributed by atoms with E-state index in [0.717, 1.165) is 6.42 Å². The van der Waals surface area contributed by atoms with Crippen molar-refractivity contribution in [2.75, 3.05) is 0 Å². The van der Waals surface area contributed by atoms with Crippen LogP contribution in [0.15, 0.2) is 12.2 Å². The highest BCUT2D eigenvalue weighted by atomic mass is 28.4. The van der Waals surface area contributed by atoms with Crippen molar-refractivity contribution in [2.24, 2.45) is 0 Å². The number of allylic oxidation sites excluding steroid dienone is 1. The molecule has 0 saturated heterocycles. The molecule has 1 atom stereocenters. The lowest BCUT2D eigenvalue weighted by Gasteiger charge is -2.38. The first kappa shape index (κ1) is 23.7. The van der Waals surface area contributed by atoms with Gasteiger partial charge in [0.05, 0.1) is 6.10 Å². The van der Waals surface area contributed by atoms with Crippen molar-refractivity contribution in [3.8, 4) is 11.5 Å². The van der Waals surface area contributed by atoms with Crippen molar-refractivity contribution in [3.05, 3.63) is 12.2 Å². The summed E-state index contributed by atoms with van der Waals surface area (Å²) in [6, 6.07) is 0. The standard InChI is InChI=1S/C21H42OSi2/c1-10-11-12-13-14-17-20(18-15-16-19-23(5,6)7)22-24(8,9)21(2,3)4/h15,18,20H,10-14,17H2,1-9H3/b18-15+/t20-/m0/s1. The fraction of sp³-hybridized carbons (Fsp3) is 0.810. The maximum absolute atomic E-state index is 6.64. The van der Waals surface area contributed by atoms with E-state index in [1.165, 1.54) is 32.1 Å². The molecule has 3 heteroatoms. The number of hydrogen-bond acceptors (Lipinski definition) is 1. The Hall–Kier alpha value is -0.306. The highest BCUT2D eigenvalue weighted by molar-refractivity contribution is 6.83. The van der Waals surface area contributed by atoms with Gasteiger partial charge in [0.15, 0.2) is 8.32 Å². The van der Waals surface area contributed by atoms with Gasteiger partial charge < -0.3 is 4.43 Å². The number of rotatable bonds is 9. The van der Waals surface area contributed by atoms with Gasteiger partial charge in [-0.3, -0.25) is 0 Å². The maximum Gasteiger partial charge on any atom is 0.192 e. The topological polar surface area (TPSA) is 9.23 Å². The monoisotopic (exact) mass is 366 g/mol. The summed E-state index contributed by atoms with van der Waals surface area (Å²) in [6.45, 7) is 20.7. The molecule has 0 aromatic rings. The predicted molar refractivity (Wildman–Crippen MR) is 116 cm³/mol. The van der Waals surface area contributed by atoms with Crippen molar-refractivity contribution in [2.45, 2.75) is 110 Å². The van der Waals surface area contributed by atoms with E-state index in [1.807, 2.05) is 6.08 Å². The minimum Gasteiger partial charge on any atom is -0.411 e. The fourth-order valence-corrected chi connectivity index (χ4v) is 3.94. The van der Waals surface area contributed by atoms with E-state index in [4.69, 9.17) is 4.43 Å². The van der Waals surface area contributed by atoms with Gasteiger partial charge in [-0.25, -0.2) is 0 Å². The van der Waals surface area contributed by atoms with Crippen molar-refractivity contribution >= 4 is 16.4 Å². The van der Waals surface area contributed by atoms with Crippen LogP contribution >= 0.6 is 0 Å². The second-order valence-corrected chi connectivity index (χ2v) is 19.0. The Kier molecular flexibility index (Phi) is 10.5. The summed E-state index contributed by atoms with van der Waals surface area (Å²) >= 11 is 0. The van der Waals surface area contributed by atoms with Gasteiger partial charge in [-0.2, -0.15) is 0 Å². The Labute approximate surface area is 154 Å². The largest absolute Gasteiger partial charge is 0.411 e. The molecular formula is C21H42OSi2. The highest BCUT2D eigenvalue weighted by Gasteiger charge is 2.38. The molecule has 0 amide bonds. The van der Waals surface area contributed by atoms with Crippen molar-refractivity contribution in [3.63, 3.8) is 0 Å². The molecule has 1 nitrogen and oxygen atoms in total. The molecule has 0 radical (unpaired) electrons. The molecule has 0 aromatic carbocycles. The van der Waals surface area contributed by atoms with Crippen molar-refractivity contribution < 1.29 is 4.43 Å². The van der Waals surface area contributed by atoms with Gasteiger partial charge in [-0.05, 0) is 36.7 Å². The lowest BCUT2D eigenvalue weighted by Crippen LogP contribution is -2.43. The number of unbranched alkanes of at least 4 members (excludes halogenated alkanes) is 4. The van der Waals surface area contributed by atoms with Crippen molar-refractivity contribution in [1.82, 2.24) is 0 Å². The average molecular weight is 367 g/mol. The van der Waals surface area contributed by atoms with E-state index in [0.29, 0.717) is 0 Å². The maximum atomic E-state index is 6.64. The molecule has 0 aliphatic rings. The summed E-state index contributed by atoms with van der Waals surface area (Å²) in [7, 11) is -3.02. The molecule has 0 unspecified atom stereocenters. The van der Waals surface area contributed by atoms with Crippen LogP contribution in [0, 0.1) is 11.5 Å². The molecule has 0 aromatic heterocycles. The molecule has 0 aliphatic heterocycles. The van der Waals surface area contributed by atoms with Crippen LogP contribution in [0.1, 0.15) is 66.2 Å². The van der Waals surface area contributed by atoms with Crippen LogP contribution in [0.5, 0.6) is 0 Å². The molecule has 0 fully saturated rings. The van der Waals surface area contributed by atoms with Crippen molar-refractivity contribution in [1.29, 1.82) is 0 Å². The highest BCUT2D eigenvalue weighted by Crippen LogP contribution is 2.38. The Morgan fingerprint density at radius 3 is 2.04 bits per heavy atom. The van der Waals surface area contributed by atoms with Crippen LogP contribution in [0.2, 0.25) is 37.8 Å². The van der Waals surface area contributed by atoms with Gasteiger partial charge in [0.1, 0.15) is 8.07 Å². The first-order chi connectivity index (χ1) is 10.9. The van der Waals surface area contributed by atoms with Crippen LogP contribution in [0.3, 0.4) is 0 Å².